The summed E-state index contributed by atoms with van der Waals surface area (Å²) in [6.07, 6.45) is 6.57. The molecule has 6 rings (SSSR count). The Kier molecular flexibility index (Phi) is 2.36. The number of rotatable bonds is 1. The van der Waals surface area contributed by atoms with Gasteiger partial charge >= 0.3 is 0 Å². The second-order valence-corrected chi connectivity index (χ2v) is 7.52. The normalized spacial score (nSPS) is 17.6. The molecule has 4 heteroatoms. The molecule has 0 radical (unpaired) electrons. The third kappa shape index (κ3) is 1.71. The minimum Gasteiger partial charge on any atom is -0.372 e. The lowest BCUT2D eigenvalue weighted by Crippen LogP contribution is -2.18. The van der Waals surface area contributed by atoms with E-state index in [0.717, 1.165) is 17.6 Å². The standard InChI is InChI=1S/C21H18N4/c1-25-12-21(7-8-21)20-15-9-13(5-6-17(15)22-11-19(20)25)14-3-2-4-18-16(14)10-23-24-18/h2-6,9-11H,7-8,12H2,1H3,(H,23,24). The number of benzene rings is 2. The Morgan fingerprint density at radius 2 is 2.00 bits per heavy atom. The van der Waals surface area contributed by atoms with E-state index in [1.165, 1.54) is 46.0 Å². The lowest BCUT2D eigenvalue weighted by atomic mass is 9.92. The van der Waals surface area contributed by atoms with Crippen molar-refractivity contribution in [1.29, 1.82) is 0 Å². The molecule has 1 aliphatic carbocycles. The van der Waals surface area contributed by atoms with E-state index in [1.807, 2.05) is 6.20 Å². The molecule has 0 bridgehead atoms. The van der Waals surface area contributed by atoms with E-state index in [4.69, 9.17) is 4.98 Å². The molecule has 122 valence electrons. The summed E-state index contributed by atoms with van der Waals surface area (Å²) in [6, 6.07) is 13.0. The van der Waals surface area contributed by atoms with Gasteiger partial charge in [-0.25, -0.2) is 0 Å². The highest BCUT2D eigenvalue weighted by Gasteiger charge is 2.51. The number of hydrogen-bond acceptors (Lipinski definition) is 3. The average Bonchev–Trinajstić information content (AvgIpc) is 3.12. The van der Waals surface area contributed by atoms with Crippen LogP contribution in [0, 0.1) is 0 Å². The van der Waals surface area contributed by atoms with E-state index in [9.17, 15) is 0 Å². The molecule has 4 aromatic rings. The predicted octanol–water partition coefficient (Wildman–Crippen LogP) is 4.26. The van der Waals surface area contributed by atoms with Crippen molar-refractivity contribution in [1.82, 2.24) is 15.2 Å². The molecule has 0 unspecified atom stereocenters. The van der Waals surface area contributed by atoms with Gasteiger partial charge < -0.3 is 4.90 Å². The van der Waals surface area contributed by atoms with Gasteiger partial charge in [0.05, 0.1) is 29.1 Å². The number of pyridine rings is 1. The summed E-state index contributed by atoms with van der Waals surface area (Å²) < 4.78 is 0. The SMILES string of the molecule is CN1CC2(CC2)c2c1cnc1ccc(-c3cccc4[nH]ncc34)cc21. The van der Waals surface area contributed by atoms with Crippen LogP contribution in [0.3, 0.4) is 0 Å². The Balaban J connectivity index is 1.65. The van der Waals surface area contributed by atoms with Crippen LogP contribution >= 0.6 is 0 Å². The fourth-order valence-corrected chi connectivity index (χ4v) is 4.59. The van der Waals surface area contributed by atoms with Gasteiger partial charge in [0, 0.05) is 29.8 Å². The molecule has 0 atom stereocenters. The average molecular weight is 326 g/mol. The molecule has 25 heavy (non-hydrogen) atoms. The fourth-order valence-electron chi connectivity index (χ4n) is 4.59. The largest absolute Gasteiger partial charge is 0.372 e. The van der Waals surface area contributed by atoms with Crippen LogP contribution in [-0.4, -0.2) is 28.8 Å². The summed E-state index contributed by atoms with van der Waals surface area (Å²) in [5.74, 6) is 0. The maximum Gasteiger partial charge on any atom is 0.0707 e. The first-order chi connectivity index (χ1) is 12.3. The highest BCUT2D eigenvalue weighted by molar-refractivity contribution is 5.99. The van der Waals surface area contributed by atoms with Gasteiger partial charge in [-0.2, -0.15) is 5.10 Å². The van der Waals surface area contributed by atoms with Gasteiger partial charge in [0.25, 0.3) is 0 Å². The van der Waals surface area contributed by atoms with Crippen molar-refractivity contribution in [2.75, 3.05) is 18.5 Å². The second kappa shape index (κ2) is 4.39. The van der Waals surface area contributed by atoms with E-state index < -0.39 is 0 Å². The zero-order valence-corrected chi connectivity index (χ0v) is 14.1. The van der Waals surface area contributed by atoms with Crippen molar-refractivity contribution in [3.63, 3.8) is 0 Å². The van der Waals surface area contributed by atoms with Crippen LogP contribution in [0.15, 0.2) is 48.8 Å². The van der Waals surface area contributed by atoms with E-state index in [2.05, 4.69) is 64.7 Å². The molecule has 1 fully saturated rings. The van der Waals surface area contributed by atoms with Gasteiger partial charge in [-0.05, 0) is 47.7 Å². The molecule has 4 nitrogen and oxygen atoms in total. The fraction of sp³-hybridized carbons (Fsp3) is 0.238. The molecule has 2 aromatic carbocycles. The number of fused-ring (bicyclic) bond motifs is 5. The molecule has 3 heterocycles. The zero-order valence-electron chi connectivity index (χ0n) is 14.1. The number of hydrogen-bond donors (Lipinski definition) is 1. The molecule has 1 N–H and O–H groups in total. The number of aromatic amines is 1. The van der Waals surface area contributed by atoms with Crippen molar-refractivity contribution < 1.29 is 0 Å². The first-order valence-corrected chi connectivity index (χ1v) is 8.82. The van der Waals surface area contributed by atoms with Gasteiger partial charge in [-0.15, -0.1) is 0 Å². The summed E-state index contributed by atoms with van der Waals surface area (Å²) in [7, 11) is 2.19. The van der Waals surface area contributed by atoms with Crippen LogP contribution in [0.5, 0.6) is 0 Å². The molecular formula is C21H18N4. The molecule has 2 aromatic heterocycles. The Bertz CT molecular complexity index is 1150. The summed E-state index contributed by atoms with van der Waals surface area (Å²) in [5, 5.41) is 9.76. The summed E-state index contributed by atoms with van der Waals surface area (Å²) in [4.78, 5) is 7.10. The first kappa shape index (κ1) is 13.4. The maximum absolute atomic E-state index is 4.72. The second-order valence-electron chi connectivity index (χ2n) is 7.52. The Hall–Kier alpha value is -2.88. The maximum atomic E-state index is 4.72. The van der Waals surface area contributed by atoms with E-state index in [0.29, 0.717) is 5.41 Å². The van der Waals surface area contributed by atoms with Crippen molar-refractivity contribution in [2.24, 2.45) is 0 Å². The van der Waals surface area contributed by atoms with Crippen LogP contribution in [0.4, 0.5) is 5.69 Å². The van der Waals surface area contributed by atoms with Gasteiger partial charge in [0.15, 0.2) is 0 Å². The minimum atomic E-state index is 0.367. The Labute approximate surface area is 145 Å². The molecule has 0 amide bonds. The molecule has 1 aliphatic heterocycles. The van der Waals surface area contributed by atoms with Crippen molar-refractivity contribution >= 4 is 27.5 Å². The third-order valence-corrected chi connectivity index (χ3v) is 5.98. The van der Waals surface area contributed by atoms with Gasteiger partial charge in [0.1, 0.15) is 0 Å². The van der Waals surface area contributed by atoms with Crippen LogP contribution in [0.2, 0.25) is 0 Å². The number of aromatic nitrogens is 3. The Morgan fingerprint density at radius 1 is 1.08 bits per heavy atom. The molecule has 0 saturated heterocycles. The highest BCUT2D eigenvalue weighted by Crippen LogP contribution is 2.58. The van der Waals surface area contributed by atoms with Gasteiger partial charge in [-0.1, -0.05) is 18.2 Å². The van der Waals surface area contributed by atoms with Crippen LogP contribution in [-0.2, 0) is 5.41 Å². The molecular weight excluding hydrogens is 308 g/mol. The molecule has 1 saturated carbocycles. The Morgan fingerprint density at radius 3 is 2.88 bits per heavy atom. The van der Waals surface area contributed by atoms with Crippen LogP contribution < -0.4 is 4.90 Å². The molecule has 1 spiro atoms. The van der Waals surface area contributed by atoms with Crippen LogP contribution in [0.25, 0.3) is 32.9 Å². The number of nitrogens with zero attached hydrogens (tertiary/aromatic N) is 3. The van der Waals surface area contributed by atoms with E-state index in [1.54, 1.807) is 0 Å². The van der Waals surface area contributed by atoms with Crippen molar-refractivity contribution in [2.45, 2.75) is 18.3 Å². The highest BCUT2D eigenvalue weighted by atomic mass is 15.2. The molecule has 2 aliphatic rings. The lowest BCUT2D eigenvalue weighted by molar-refractivity contribution is 0.735. The number of anilines is 1. The number of nitrogens with one attached hydrogen (secondary N) is 1. The summed E-state index contributed by atoms with van der Waals surface area (Å²) in [5.41, 5.74) is 7.83. The van der Waals surface area contributed by atoms with Crippen LogP contribution in [0.1, 0.15) is 18.4 Å². The smallest absolute Gasteiger partial charge is 0.0707 e. The quantitative estimate of drug-likeness (QED) is 0.568. The van der Waals surface area contributed by atoms with Crippen molar-refractivity contribution in [3.05, 3.63) is 54.4 Å². The number of likely N-dealkylation sites (N-methyl/N-ethyl adjacent to an activating group) is 1. The number of H-pyrrole nitrogens is 1. The predicted molar refractivity (Wildman–Crippen MR) is 101 cm³/mol. The zero-order chi connectivity index (χ0) is 16.6. The lowest BCUT2D eigenvalue weighted by Gasteiger charge is -2.12. The minimum absolute atomic E-state index is 0.367. The van der Waals surface area contributed by atoms with E-state index in [-0.39, 0.29) is 0 Å². The summed E-state index contributed by atoms with van der Waals surface area (Å²) in [6.45, 7) is 1.13. The van der Waals surface area contributed by atoms with E-state index >= 15 is 0 Å². The third-order valence-electron chi connectivity index (χ3n) is 5.98. The monoisotopic (exact) mass is 326 g/mol. The van der Waals surface area contributed by atoms with Crippen molar-refractivity contribution in [3.8, 4) is 11.1 Å². The van der Waals surface area contributed by atoms with Gasteiger partial charge in [-0.3, -0.25) is 10.1 Å². The summed E-state index contributed by atoms with van der Waals surface area (Å²) >= 11 is 0. The first-order valence-electron chi connectivity index (χ1n) is 8.82. The van der Waals surface area contributed by atoms with Gasteiger partial charge in [0.2, 0.25) is 0 Å². The topological polar surface area (TPSA) is 44.8 Å².